The lowest BCUT2D eigenvalue weighted by molar-refractivity contribution is -0.142. The first kappa shape index (κ1) is 31.6. The van der Waals surface area contributed by atoms with Crippen LogP contribution in [0, 0.1) is 19.8 Å². The Morgan fingerprint density at radius 3 is 2.26 bits per heavy atom. The molecule has 3 atom stereocenters. The second-order valence-electron chi connectivity index (χ2n) is 10.8. The lowest BCUT2D eigenvalue weighted by Gasteiger charge is -2.36. The molecule has 3 unspecified atom stereocenters. The predicted molar refractivity (Wildman–Crippen MR) is 155 cm³/mol. The number of carbonyl (C=O) groups excluding carboxylic acids is 3. The molecule has 0 saturated heterocycles. The molecule has 2 aromatic rings. The van der Waals surface area contributed by atoms with Crippen molar-refractivity contribution in [2.24, 2.45) is 5.92 Å². The van der Waals surface area contributed by atoms with Gasteiger partial charge in [0.1, 0.15) is 17.7 Å². The molecule has 2 rings (SSSR count). The van der Waals surface area contributed by atoms with Gasteiger partial charge in [-0.1, -0.05) is 69.3 Å². The van der Waals surface area contributed by atoms with Gasteiger partial charge in [0.15, 0.2) is 0 Å². The molecule has 3 amide bonds. The van der Waals surface area contributed by atoms with Crippen LogP contribution in [-0.4, -0.2) is 52.7 Å². The number of aliphatic hydroxyl groups excluding tert-OH is 1. The van der Waals surface area contributed by atoms with E-state index in [9.17, 15) is 19.5 Å². The van der Waals surface area contributed by atoms with Crippen molar-refractivity contribution in [1.29, 1.82) is 0 Å². The lowest BCUT2D eigenvalue weighted by atomic mass is 9.95. The number of hydrogen-bond acceptors (Lipinski definition) is 5. The molecular formula is C31H43N3O5. The Labute approximate surface area is 232 Å². The molecule has 8 heteroatoms. The van der Waals surface area contributed by atoms with Crippen LogP contribution in [0.3, 0.4) is 0 Å². The van der Waals surface area contributed by atoms with Gasteiger partial charge in [-0.05, 0) is 68.9 Å². The molecule has 0 bridgehead atoms. The van der Waals surface area contributed by atoms with Gasteiger partial charge in [0, 0.05) is 12.2 Å². The van der Waals surface area contributed by atoms with Gasteiger partial charge >= 0.3 is 6.09 Å². The molecule has 0 aliphatic rings. The third kappa shape index (κ3) is 8.68. The van der Waals surface area contributed by atoms with E-state index in [2.05, 4.69) is 17.2 Å². The van der Waals surface area contributed by atoms with Crippen molar-refractivity contribution >= 4 is 29.7 Å². The zero-order chi connectivity index (χ0) is 29.3. The summed E-state index contributed by atoms with van der Waals surface area (Å²) in [5, 5.41) is 15.7. The van der Waals surface area contributed by atoms with Gasteiger partial charge in [-0.2, -0.15) is 0 Å². The van der Waals surface area contributed by atoms with Crippen LogP contribution >= 0.6 is 0 Å². The van der Waals surface area contributed by atoms with Crippen LogP contribution in [-0.2, 0) is 14.3 Å². The SMILES string of the molecule is C=Cc1cccc(C(C(=O)Nc2c(C)cccc2C)N(CCO)C(=O)C(NC(=O)OC(C)(C)C)C(C)CC)c1. The first-order valence-electron chi connectivity index (χ1n) is 13.3. The number of amides is 3. The number of alkyl carbamates (subject to hydrolysis) is 1. The molecule has 0 fully saturated rings. The summed E-state index contributed by atoms with van der Waals surface area (Å²) in [7, 11) is 0. The predicted octanol–water partition coefficient (Wildman–Crippen LogP) is 5.39. The van der Waals surface area contributed by atoms with E-state index in [1.807, 2.05) is 52.0 Å². The van der Waals surface area contributed by atoms with Gasteiger partial charge in [0.2, 0.25) is 5.91 Å². The van der Waals surface area contributed by atoms with Crippen LogP contribution in [0.5, 0.6) is 0 Å². The quantitative estimate of drug-likeness (QED) is 0.356. The maximum atomic E-state index is 14.1. The van der Waals surface area contributed by atoms with Crippen molar-refractivity contribution in [3.63, 3.8) is 0 Å². The highest BCUT2D eigenvalue weighted by Crippen LogP contribution is 2.28. The average molecular weight is 538 g/mol. The number of aliphatic hydroxyl groups is 1. The van der Waals surface area contributed by atoms with Crippen molar-refractivity contribution < 1.29 is 24.2 Å². The molecule has 0 aliphatic carbocycles. The van der Waals surface area contributed by atoms with Gasteiger partial charge in [-0.3, -0.25) is 9.59 Å². The summed E-state index contributed by atoms with van der Waals surface area (Å²) in [5.74, 6) is -1.20. The van der Waals surface area contributed by atoms with Gasteiger partial charge in [-0.25, -0.2) is 4.79 Å². The summed E-state index contributed by atoms with van der Waals surface area (Å²) >= 11 is 0. The van der Waals surface area contributed by atoms with E-state index in [0.717, 1.165) is 16.7 Å². The van der Waals surface area contributed by atoms with Crippen molar-refractivity contribution in [3.8, 4) is 0 Å². The van der Waals surface area contributed by atoms with Crippen LogP contribution in [0.2, 0.25) is 0 Å². The highest BCUT2D eigenvalue weighted by Gasteiger charge is 2.38. The molecular weight excluding hydrogens is 494 g/mol. The summed E-state index contributed by atoms with van der Waals surface area (Å²) < 4.78 is 5.42. The smallest absolute Gasteiger partial charge is 0.408 e. The number of rotatable bonds is 11. The minimum atomic E-state index is -1.09. The Morgan fingerprint density at radius 2 is 1.72 bits per heavy atom. The molecule has 8 nitrogen and oxygen atoms in total. The molecule has 0 radical (unpaired) electrons. The summed E-state index contributed by atoms with van der Waals surface area (Å²) in [5.41, 5.74) is 3.00. The topological polar surface area (TPSA) is 108 Å². The van der Waals surface area contributed by atoms with E-state index in [1.54, 1.807) is 45.0 Å². The van der Waals surface area contributed by atoms with Crippen LogP contribution in [0.4, 0.5) is 10.5 Å². The highest BCUT2D eigenvalue weighted by atomic mass is 16.6. The minimum absolute atomic E-state index is 0.120. The van der Waals surface area contributed by atoms with Crippen molar-refractivity contribution in [1.82, 2.24) is 10.2 Å². The third-order valence-corrected chi connectivity index (χ3v) is 6.53. The summed E-state index contributed by atoms with van der Waals surface area (Å²) in [6.07, 6.45) is 1.52. The van der Waals surface area contributed by atoms with Crippen molar-refractivity contribution in [3.05, 3.63) is 71.3 Å². The van der Waals surface area contributed by atoms with E-state index in [0.29, 0.717) is 17.7 Å². The third-order valence-electron chi connectivity index (χ3n) is 6.53. The normalized spacial score (nSPS) is 13.5. The minimum Gasteiger partial charge on any atom is -0.444 e. The van der Waals surface area contributed by atoms with Crippen molar-refractivity contribution in [2.45, 2.75) is 72.6 Å². The Hall–Kier alpha value is -3.65. The fourth-order valence-corrected chi connectivity index (χ4v) is 4.30. The summed E-state index contributed by atoms with van der Waals surface area (Å²) in [4.78, 5) is 42.2. The van der Waals surface area contributed by atoms with E-state index in [-0.39, 0.29) is 19.1 Å². The molecule has 0 aromatic heterocycles. The average Bonchev–Trinajstić information content (AvgIpc) is 2.87. The van der Waals surface area contributed by atoms with Crippen LogP contribution in [0.1, 0.15) is 69.3 Å². The molecule has 39 heavy (non-hydrogen) atoms. The number of benzene rings is 2. The lowest BCUT2D eigenvalue weighted by Crippen LogP contribution is -2.55. The Balaban J connectivity index is 2.60. The van der Waals surface area contributed by atoms with E-state index < -0.39 is 35.6 Å². The Kier molecular flexibility index (Phi) is 11.3. The van der Waals surface area contributed by atoms with Crippen LogP contribution < -0.4 is 10.6 Å². The van der Waals surface area contributed by atoms with Gasteiger partial charge in [-0.15, -0.1) is 0 Å². The highest BCUT2D eigenvalue weighted by molar-refractivity contribution is 6.00. The van der Waals surface area contributed by atoms with Crippen LogP contribution in [0.15, 0.2) is 49.0 Å². The number of nitrogens with zero attached hydrogens (tertiary/aromatic N) is 1. The largest absolute Gasteiger partial charge is 0.444 e. The Morgan fingerprint density at radius 1 is 1.10 bits per heavy atom. The number of nitrogens with one attached hydrogen (secondary N) is 2. The second-order valence-corrected chi connectivity index (χ2v) is 10.8. The summed E-state index contributed by atoms with van der Waals surface area (Å²) in [6.45, 7) is 16.1. The molecule has 2 aromatic carbocycles. The number of carbonyl (C=O) groups is 3. The zero-order valence-corrected chi connectivity index (χ0v) is 24.2. The second kappa shape index (κ2) is 13.9. The molecule has 0 heterocycles. The van der Waals surface area contributed by atoms with Gasteiger partial charge < -0.3 is 25.4 Å². The fraction of sp³-hybridized carbons (Fsp3) is 0.452. The number of anilines is 1. The monoisotopic (exact) mass is 537 g/mol. The molecule has 0 aliphatic heterocycles. The first-order chi connectivity index (χ1) is 18.3. The molecule has 0 spiro atoms. The van der Waals surface area contributed by atoms with Crippen LogP contribution in [0.25, 0.3) is 6.08 Å². The maximum absolute atomic E-state index is 14.1. The number of ether oxygens (including phenoxy) is 1. The van der Waals surface area contributed by atoms with Crippen molar-refractivity contribution in [2.75, 3.05) is 18.5 Å². The molecule has 3 N–H and O–H groups in total. The number of para-hydroxylation sites is 1. The molecule has 212 valence electrons. The molecule has 0 saturated carbocycles. The van der Waals surface area contributed by atoms with E-state index in [4.69, 9.17) is 4.74 Å². The van der Waals surface area contributed by atoms with Gasteiger partial charge in [0.05, 0.1) is 6.61 Å². The summed E-state index contributed by atoms with van der Waals surface area (Å²) in [6, 6.07) is 10.8. The van der Waals surface area contributed by atoms with E-state index >= 15 is 0 Å². The van der Waals surface area contributed by atoms with Gasteiger partial charge in [0.25, 0.3) is 5.91 Å². The first-order valence-corrected chi connectivity index (χ1v) is 13.3. The van der Waals surface area contributed by atoms with E-state index in [1.165, 1.54) is 4.90 Å². The zero-order valence-electron chi connectivity index (χ0n) is 24.2. The Bertz CT molecular complexity index is 1150. The number of aryl methyl sites for hydroxylation is 2. The standard InChI is InChI=1S/C31H43N3O5/c1-9-20(3)26(33-30(38)39-31(6,7)8)29(37)34(17-18-35)27(24-16-12-15-23(10-2)19-24)28(36)32-25-21(4)13-11-14-22(25)5/h10-16,19-20,26-27,35H,2,9,17-18H2,1,3-8H3,(H,32,36)(H,33,38). The fourth-order valence-electron chi connectivity index (χ4n) is 4.30. The maximum Gasteiger partial charge on any atom is 0.408 e. The number of hydrogen-bond donors (Lipinski definition) is 3.